The maximum absolute atomic E-state index is 3.54. The van der Waals surface area contributed by atoms with E-state index in [1.54, 1.807) is 5.56 Å². The molecule has 1 fully saturated rings. The number of benzene rings is 1. The molecule has 1 aromatic carbocycles. The Morgan fingerprint density at radius 1 is 0.941 bits per heavy atom. The fraction of sp³-hybridized carbons (Fsp3) is 0.625. The second-order valence-corrected chi connectivity index (χ2v) is 5.30. The molecule has 1 N–H and O–H groups in total. The van der Waals surface area contributed by atoms with E-state index in [0.29, 0.717) is 0 Å². The van der Waals surface area contributed by atoms with Gasteiger partial charge in [0, 0.05) is 0 Å². The summed E-state index contributed by atoms with van der Waals surface area (Å²) in [5.41, 5.74) is 3.07. The molecule has 0 aromatic heterocycles. The van der Waals surface area contributed by atoms with Gasteiger partial charge in [-0.1, -0.05) is 37.1 Å². The zero-order chi connectivity index (χ0) is 11.9. The van der Waals surface area contributed by atoms with Gasteiger partial charge in [0.1, 0.15) is 0 Å². The molecule has 0 bridgehead atoms. The van der Waals surface area contributed by atoms with Crippen LogP contribution in [-0.2, 0) is 0 Å². The van der Waals surface area contributed by atoms with Crippen molar-refractivity contribution < 1.29 is 0 Å². The molecule has 0 spiro atoms. The summed E-state index contributed by atoms with van der Waals surface area (Å²) in [6.45, 7) is 4.67. The van der Waals surface area contributed by atoms with Crippen LogP contribution in [0.15, 0.2) is 24.3 Å². The third kappa shape index (κ3) is 3.85. The lowest BCUT2D eigenvalue weighted by molar-refractivity contribution is 0.470. The number of hydrogen-bond donors (Lipinski definition) is 1. The van der Waals surface area contributed by atoms with E-state index in [1.165, 1.54) is 57.2 Å². The molecule has 1 heterocycles. The zero-order valence-corrected chi connectivity index (χ0v) is 11.0. The minimum atomic E-state index is 0.788. The van der Waals surface area contributed by atoms with Crippen molar-refractivity contribution >= 4 is 0 Å². The van der Waals surface area contributed by atoms with E-state index >= 15 is 0 Å². The predicted octanol–water partition coefficient (Wildman–Crippen LogP) is 4.02. The standard InChI is InChI=1S/C16H25N/c1-14-8-4-5-11-16(14)15-9-3-2-6-12-17-13-7-10-15/h4-5,8,11,15,17H,2-3,6-7,9-10,12-13H2,1H3. The van der Waals surface area contributed by atoms with Crippen molar-refractivity contribution in [3.8, 4) is 0 Å². The molecule has 1 heteroatoms. The van der Waals surface area contributed by atoms with Gasteiger partial charge in [0.2, 0.25) is 0 Å². The normalized spacial score (nSPS) is 23.2. The molecule has 2 rings (SSSR count). The quantitative estimate of drug-likeness (QED) is 0.769. The minimum Gasteiger partial charge on any atom is -0.317 e. The Balaban J connectivity index is 2.03. The van der Waals surface area contributed by atoms with Gasteiger partial charge >= 0.3 is 0 Å². The Bertz CT molecular complexity index is 322. The van der Waals surface area contributed by atoms with Crippen molar-refractivity contribution in [1.29, 1.82) is 0 Å². The first-order chi connectivity index (χ1) is 8.38. The lowest BCUT2D eigenvalue weighted by atomic mass is 9.86. The van der Waals surface area contributed by atoms with E-state index in [-0.39, 0.29) is 0 Å². The number of nitrogens with one attached hydrogen (secondary N) is 1. The van der Waals surface area contributed by atoms with Gasteiger partial charge in [0.15, 0.2) is 0 Å². The Hall–Kier alpha value is -0.820. The number of aryl methyl sites for hydroxylation is 1. The van der Waals surface area contributed by atoms with Gasteiger partial charge in [-0.15, -0.1) is 0 Å². The van der Waals surface area contributed by atoms with E-state index in [1.807, 2.05) is 0 Å². The summed E-state index contributed by atoms with van der Waals surface area (Å²) >= 11 is 0. The van der Waals surface area contributed by atoms with Gasteiger partial charge in [-0.25, -0.2) is 0 Å². The van der Waals surface area contributed by atoms with Gasteiger partial charge in [0.05, 0.1) is 0 Å². The lowest BCUT2D eigenvalue weighted by Gasteiger charge is -2.21. The van der Waals surface area contributed by atoms with Gasteiger partial charge < -0.3 is 5.32 Å². The third-order valence-corrected chi connectivity index (χ3v) is 3.94. The van der Waals surface area contributed by atoms with Crippen molar-refractivity contribution in [3.63, 3.8) is 0 Å². The third-order valence-electron chi connectivity index (χ3n) is 3.94. The maximum atomic E-state index is 3.54. The molecule has 0 saturated carbocycles. The Morgan fingerprint density at radius 2 is 1.71 bits per heavy atom. The zero-order valence-electron chi connectivity index (χ0n) is 11.0. The lowest BCUT2D eigenvalue weighted by Crippen LogP contribution is -2.18. The smallest absolute Gasteiger partial charge is 0.00487 e. The van der Waals surface area contributed by atoms with Crippen molar-refractivity contribution in [1.82, 2.24) is 5.32 Å². The van der Waals surface area contributed by atoms with E-state index < -0.39 is 0 Å². The van der Waals surface area contributed by atoms with Crippen LogP contribution < -0.4 is 5.32 Å². The average Bonchev–Trinajstić information content (AvgIpc) is 2.37. The largest absolute Gasteiger partial charge is 0.317 e. The van der Waals surface area contributed by atoms with Crippen LogP contribution >= 0.6 is 0 Å². The molecule has 1 unspecified atom stereocenters. The highest BCUT2D eigenvalue weighted by atomic mass is 14.8. The monoisotopic (exact) mass is 231 g/mol. The van der Waals surface area contributed by atoms with E-state index in [2.05, 4.69) is 36.5 Å². The Morgan fingerprint density at radius 3 is 2.59 bits per heavy atom. The highest BCUT2D eigenvalue weighted by Crippen LogP contribution is 2.29. The average molecular weight is 231 g/mol. The predicted molar refractivity (Wildman–Crippen MR) is 74.5 cm³/mol. The van der Waals surface area contributed by atoms with E-state index in [9.17, 15) is 0 Å². The molecule has 17 heavy (non-hydrogen) atoms. The van der Waals surface area contributed by atoms with Crippen molar-refractivity contribution in [2.45, 2.75) is 51.4 Å². The van der Waals surface area contributed by atoms with Crippen LogP contribution in [0.2, 0.25) is 0 Å². The summed E-state index contributed by atoms with van der Waals surface area (Å²) in [6, 6.07) is 8.94. The topological polar surface area (TPSA) is 12.0 Å². The molecule has 0 amide bonds. The van der Waals surface area contributed by atoms with Crippen LogP contribution in [0.3, 0.4) is 0 Å². The van der Waals surface area contributed by atoms with Crippen molar-refractivity contribution in [2.24, 2.45) is 0 Å². The van der Waals surface area contributed by atoms with Crippen LogP contribution in [-0.4, -0.2) is 13.1 Å². The first kappa shape index (κ1) is 12.6. The molecular formula is C16H25N. The highest BCUT2D eigenvalue weighted by Gasteiger charge is 2.13. The molecular weight excluding hydrogens is 206 g/mol. The highest BCUT2D eigenvalue weighted by molar-refractivity contribution is 5.29. The summed E-state index contributed by atoms with van der Waals surface area (Å²) in [5, 5.41) is 3.54. The van der Waals surface area contributed by atoms with Crippen LogP contribution in [0.4, 0.5) is 0 Å². The summed E-state index contributed by atoms with van der Waals surface area (Å²) in [7, 11) is 0. The summed E-state index contributed by atoms with van der Waals surface area (Å²) < 4.78 is 0. The first-order valence-corrected chi connectivity index (χ1v) is 7.14. The van der Waals surface area contributed by atoms with E-state index in [4.69, 9.17) is 0 Å². The Labute approximate surface area is 106 Å². The fourth-order valence-corrected chi connectivity index (χ4v) is 2.92. The molecule has 1 saturated heterocycles. The van der Waals surface area contributed by atoms with Crippen LogP contribution in [0.25, 0.3) is 0 Å². The molecule has 0 aliphatic carbocycles. The van der Waals surface area contributed by atoms with E-state index in [0.717, 1.165) is 5.92 Å². The van der Waals surface area contributed by atoms with Crippen molar-refractivity contribution in [2.75, 3.05) is 13.1 Å². The molecule has 1 atom stereocenters. The first-order valence-electron chi connectivity index (χ1n) is 7.14. The van der Waals surface area contributed by atoms with Gasteiger partial charge in [-0.05, 0) is 62.7 Å². The molecule has 1 aromatic rings. The molecule has 1 nitrogen and oxygen atoms in total. The Kier molecular flexibility index (Phi) is 5.06. The second-order valence-electron chi connectivity index (χ2n) is 5.30. The minimum absolute atomic E-state index is 0.788. The molecule has 1 aliphatic heterocycles. The molecule has 94 valence electrons. The SMILES string of the molecule is Cc1ccccc1C1CCCCCNCCC1. The van der Waals surface area contributed by atoms with Crippen molar-refractivity contribution in [3.05, 3.63) is 35.4 Å². The summed E-state index contributed by atoms with van der Waals surface area (Å²) in [4.78, 5) is 0. The number of rotatable bonds is 1. The summed E-state index contributed by atoms with van der Waals surface area (Å²) in [5.74, 6) is 0.788. The maximum Gasteiger partial charge on any atom is -0.00487 e. The molecule has 1 aliphatic rings. The second kappa shape index (κ2) is 6.80. The number of hydrogen-bond acceptors (Lipinski definition) is 1. The van der Waals surface area contributed by atoms with Crippen LogP contribution in [0, 0.1) is 6.92 Å². The summed E-state index contributed by atoms with van der Waals surface area (Å²) in [6.07, 6.45) is 8.16. The van der Waals surface area contributed by atoms with Crippen LogP contribution in [0.5, 0.6) is 0 Å². The molecule has 0 radical (unpaired) electrons. The van der Waals surface area contributed by atoms with Gasteiger partial charge in [-0.3, -0.25) is 0 Å². The van der Waals surface area contributed by atoms with Crippen LogP contribution in [0.1, 0.15) is 55.6 Å². The van der Waals surface area contributed by atoms with Gasteiger partial charge in [-0.2, -0.15) is 0 Å². The fourth-order valence-electron chi connectivity index (χ4n) is 2.92. The van der Waals surface area contributed by atoms with Gasteiger partial charge in [0.25, 0.3) is 0 Å².